The number of amides is 3. The summed E-state index contributed by atoms with van der Waals surface area (Å²) in [5, 5.41) is 24.8. The van der Waals surface area contributed by atoms with Gasteiger partial charge in [-0.3, -0.25) is 29.3 Å². The lowest BCUT2D eigenvalue weighted by molar-refractivity contribution is -0.139. The average molecular weight is 759 g/mol. The Kier molecular flexibility index (Phi) is 16.4. The van der Waals surface area contributed by atoms with Crippen LogP contribution in [-0.4, -0.2) is 82.2 Å². The highest BCUT2D eigenvalue weighted by molar-refractivity contribution is 5.97. The Morgan fingerprint density at radius 1 is 0.927 bits per heavy atom. The van der Waals surface area contributed by atoms with Crippen LogP contribution >= 0.6 is 0 Å². The summed E-state index contributed by atoms with van der Waals surface area (Å²) in [6, 6.07) is 8.30. The number of carboxylic acids is 1. The Hall–Kier alpha value is -5.54. The van der Waals surface area contributed by atoms with Gasteiger partial charge in [0.05, 0.1) is 5.52 Å². The number of aromatic amines is 1. The van der Waals surface area contributed by atoms with Gasteiger partial charge in [0.15, 0.2) is 5.95 Å². The van der Waals surface area contributed by atoms with E-state index in [2.05, 4.69) is 36.6 Å². The molecular formula is C40H54N8O7. The summed E-state index contributed by atoms with van der Waals surface area (Å²) in [5.41, 5.74) is 5.02. The Labute approximate surface area is 321 Å². The second-order valence-corrected chi connectivity index (χ2v) is 13.6. The molecule has 296 valence electrons. The number of hydrogen-bond acceptors (Lipinski definition) is 9. The number of rotatable bonds is 23. The molecule has 0 bridgehead atoms. The summed E-state index contributed by atoms with van der Waals surface area (Å²) in [4.78, 5) is 71.2. The van der Waals surface area contributed by atoms with Crippen LogP contribution in [0.1, 0.15) is 77.2 Å². The van der Waals surface area contributed by atoms with Gasteiger partial charge < -0.3 is 40.7 Å². The van der Waals surface area contributed by atoms with Crippen molar-refractivity contribution < 1.29 is 29.0 Å². The van der Waals surface area contributed by atoms with Gasteiger partial charge in [0.2, 0.25) is 17.2 Å². The molecule has 2 aromatic heterocycles. The zero-order valence-electron chi connectivity index (χ0n) is 32.2. The van der Waals surface area contributed by atoms with Crippen molar-refractivity contribution >= 4 is 40.5 Å². The van der Waals surface area contributed by atoms with Gasteiger partial charge in [-0.1, -0.05) is 30.7 Å². The zero-order valence-corrected chi connectivity index (χ0v) is 32.2. The van der Waals surface area contributed by atoms with E-state index < -0.39 is 23.3 Å². The normalized spacial score (nSPS) is 11.6. The molecule has 7 N–H and O–H groups in total. The molecule has 4 aromatic rings. The van der Waals surface area contributed by atoms with Crippen LogP contribution in [0.25, 0.3) is 10.9 Å². The first-order valence-electron chi connectivity index (χ1n) is 18.8. The van der Waals surface area contributed by atoms with Crippen LogP contribution in [0.4, 0.5) is 5.95 Å². The average Bonchev–Trinajstić information content (AvgIpc) is 3.68. The van der Waals surface area contributed by atoms with Crippen LogP contribution in [0.5, 0.6) is 0 Å². The van der Waals surface area contributed by atoms with Crippen molar-refractivity contribution in [3.05, 3.63) is 92.5 Å². The van der Waals surface area contributed by atoms with Crippen LogP contribution in [0.15, 0.2) is 53.7 Å². The second-order valence-electron chi connectivity index (χ2n) is 13.6. The number of anilines is 1. The molecule has 55 heavy (non-hydrogen) atoms. The van der Waals surface area contributed by atoms with Gasteiger partial charge >= 0.3 is 5.97 Å². The van der Waals surface area contributed by atoms with E-state index in [1.165, 1.54) is 6.20 Å². The molecule has 1 unspecified atom stereocenters. The van der Waals surface area contributed by atoms with Gasteiger partial charge in [0.25, 0.3) is 5.91 Å². The number of nitrogens with zero attached hydrogens (tertiary/aromatic N) is 2. The quantitative estimate of drug-likeness (QED) is 0.0549. The molecule has 0 fully saturated rings. The maximum atomic E-state index is 13.7. The summed E-state index contributed by atoms with van der Waals surface area (Å²) in [5.74, 6) is -1.69. The molecule has 0 aliphatic rings. The van der Waals surface area contributed by atoms with Crippen molar-refractivity contribution in [3.63, 3.8) is 0 Å². The number of imidazole rings is 1. The predicted octanol–water partition coefficient (Wildman–Crippen LogP) is 3.45. The molecule has 15 nitrogen and oxygen atoms in total. The number of ether oxygens (including phenoxy) is 1. The van der Waals surface area contributed by atoms with Gasteiger partial charge in [-0.05, 0) is 74.4 Å². The number of pyridine rings is 1. The van der Waals surface area contributed by atoms with E-state index in [1.54, 1.807) is 29.1 Å². The first-order chi connectivity index (χ1) is 26.5. The van der Waals surface area contributed by atoms with E-state index in [4.69, 9.17) is 4.74 Å². The molecule has 0 saturated carbocycles. The lowest BCUT2D eigenvalue weighted by Gasteiger charge is -2.19. The Balaban J connectivity index is 1.41. The van der Waals surface area contributed by atoms with Gasteiger partial charge in [-0.25, -0.2) is 4.98 Å². The molecule has 2 heterocycles. The SMILES string of the molecule is CCCOCCCNC(=O)CCC(=O)NCCCn1cc(C(=O)NCC(NCc2c(C)cc(C)cc2C)C(=O)O)c(=O)c2ccc(CNc3ncc[nH]3)cc21. The fraction of sp³-hybridized carbons (Fsp3) is 0.450. The number of aryl methyl sites for hydroxylation is 4. The predicted molar refractivity (Wildman–Crippen MR) is 211 cm³/mol. The summed E-state index contributed by atoms with van der Waals surface area (Å²) in [6.45, 7) is 10.9. The first kappa shape index (κ1) is 42.2. The molecule has 4 rings (SSSR count). The Bertz CT molecular complexity index is 1950. The molecule has 3 amide bonds. The van der Waals surface area contributed by atoms with E-state index in [1.807, 2.05) is 45.9 Å². The second kappa shape index (κ2) is 21.4. The summed E-state index contributed by atoms with van der Waals surface area (Å²) in [6.07, 6.45) is 7.04. The summed E-state index contributed by atoms with van der Waals surface area (Å²) in [7, 11) is 0. The van der Waals surface area contributed by atoms with Crippen molar-refractivity contribution in [3.8, 4) is 0 Å². The highest BCUT2D eigenvalue weighted by Crippen LogP contribution is 2.18. The van der Waals surface area contributed by atoms with Crippen LogP contribution in [0.2, 0.25) is 0 Å². The Morgan fingerprint density at radius 3 is 2.29 bits per heavy atom. The third-order valence-corrected chi connectivity index (χ3v) is 9.09. The molecule has 0 aliphatic carbocycles. The fourth-order valence-electron chi connectivity index (χ4n) is 6.22. The third-order valence-electron chi connectivity index (χ3n) is 9.09. The van der Waals surface area contributed by atoms with Gasteiger partial charge in [0, 0.05) is 89.3 Å². The third kappa shape index (κ3) is 13.1. The van der Waals surface area contributed by atoms with Crippen LogP contribution in [0.3, 0.4) is 0 Å². The lowest BCUT2D eigenvalue weighted by atomic mass is 9.99. The first-order valence-corrected chi connectivity index (χ1v) is 18.8. The number of fused-ring (bicyclic) bond motifs is 1. The molecule has 0 saturated heterocycles. The lowest BCUT2D eigenvalue weighted by Crippen LogP contribution is -2.46. The van der Waals surface area contributed by atoms with Crippen molar-refractivity contribution in [2.45, 2.75) is 85.5 Å². The van der Waals surface area contributed by atoms with Crippen LogP contribution in [0, 0.1) is 20.8 Å². The minimum atomic E-state index is -1.13. The maximum absolute atomic E-state index is 13.7. The summed E-state index contributed by atoms with van der Waals surface area (Å²) < 4.78 is 7.20. The van der Waals surface area contributed by atoms with E-state index in [-0.39, 0.29) is 36.8 Å². The topological polar surface area (TPSA) is 209 Å². The van der Waals surface area contributed by atoms with E-state index in [0.29, 0.717) is 75.6 Å². The van der Waals surface area contributed by atoms with E-state index in [9.17, 15) is 29.1 Å². The van der Waals surface area contributed by atoms with E-state index >= 15 is 0 Å². The van der Waals surface area contributed by atoms with Crippen molar-refractivity contribution in [1.29, 1.82) is 0 Å². The van der Waals surface area contributed by atoms with E-state index in [0.717, 1.165) is 34.2 Å². The number of benzene rings is 2. The fourth-order valence-corrected chi connectivity index (χ4v) is 6.22. The van der Waals surface area contributed by atoms with Gasteiger partial charge in [-0.15, -0.1) is 0 Å². The number of carboxylic acid groups (broad SMARTS) is 1. The molecule has 0 spiro atoms. The Morgan fingerprint density at radius 2 is 1.64 bits per heavy atom. The van der Waals surface area contributed by atoms with Crippen molar-refractivity contribution in [2.75, 3.05) is 38.2 Å². The minimum Gasteiger partial charge on any atom is -0.480 e. The molecule has 0 aliphatic heterocycles. The van der Waals surface area contributed by atoms with Crippen LogP contribution < -0.4 is 32.0 Å². The highest BCUT2D eigenvalue weighted by atomic mass is 16.5. The number of H-pyrrole nitrogens is 1. The minimum absolute atomic E-state index is 0.0475. The monoisotopic (exact) mass is 758 g/mol. The molecular weight excluding hydrogens is 704 g/mol. The number of nitrogens with one attached hydrogen (secondary N) is 6. The largest absolute Gasteiger partial charge is 0.480 e. The van der Waals surface area contributed by atoms with Gasteiger partial charge in [-0.2, -0.15) is 0 Å². The highest BCUT2D eigenvalue weighted by Gasteiger charge is 2.22. The smallest absolute Gasteiger partial charge is 0.322 e. The molecule has 2 aromatic carbocycles. The van der Waals surface area contributed by atoms with Gasteiger partial charge in [0.1, 0.15) is 11.6 Å². The number of aromatic nitrogens is 3. The number of aliphatic carboxylic acids is 1. The standard InChI is InChI=1S/C40H54N8O7/c1-5-17-55-18-7-13-42-36(50)11-10-35(49)41-12-6-16-48-25-32(37(51)30-9-8-29(21-34(30)48)22-47-40-43-14-15-44-40)38(52)46-24-33(39(53)54)45-23-31-27(3)19-26(2)20-28(31)4/h8-9,14-15,19-21,25,33,45H,5-7,10-13,16-18,22-24H2,1-4H3,(H,41,49)(H,42,50)(H,46,52)(H,53,54)(H2,43,44,47). The molecule has 1 atom stereocenters. The summed E-state index contributed by atoms with van der Waals surface area (Å²) >= 11 is 0. The van der Waals surface area contributed by atoms with Crippen LogP contribution in [-0.2, 0) is 38.8 Å². The maximum Gasteiger partial charge on any atom is 0.322 e. The number of carbonyl (C=O) groups is 4. The molecule has 0 radical (unpaired) electrons. The number of carbonyl (C=O) groups excluding carboxylic acids is 3. The van der Waals surface area contributed by atoms with Crippen molar-refractivity contribution in [2.24, 2.45) is 0 Å². The molecule has 15 heteroatoms. The number of hydrogen-bond donors (Lipinski definition) is 7. The van der Waals surface area contributed by atoms with Crippen molar-refractivity contribution in [1.82, 2.24) is 35.8 Å². The zero-order chi connectivity index (χ0) is 39.7.